The fourth-order valence-corrected chi connectivity index (χ4v) is 3.64. The van der Waals surface area contributed by atoms with Gasteiger partial charge >= 0.3 is 26.2 Å². The monoisotopic (exact) mass is 526 g/mol. The van der Waals surface area contributed by atoms with Gasteiger partial charge in [0.1, 0.15) is 0 Å². The predicted molar refractivity (Wildman–Crippen MR) is 120 cm³/mol. The second-order valence-electron chi connectivity index (χ2n) is 7.65. The topological polar surface area (TPSA) is 0 Å². The predicted octanol–water partition coefficient (Wildman–Crippen LogP) is 1.74. The van der Waals surface area contributed by atoms with Gasteiger partial charge in [-0.2, -0.15) is 12.2 Å². The maximum atomic E-state index is 3.36. The van der Waals surface area contributed by atoms with Gasteiger partial charge in [-0.1, -0.05) is 87.4 Å². The molecule has 3 heteroatoms. The van der Waals surface area contributed by atoms with E-state index in [1.807, 2.05) is 0 Å². The Morgan fingerprint density at radius 3 is 1.29 bits per heavy atom. The Morgan fingerprint density at radius 2 is 1.00 bits per heavy atom. The molecule has 0 heterocycles. The van der Waals surface area contributed by atoms with E-state index in [1.165, 1.54) is 22.3 Å². The fraction of sp³-hybridized carbons (Fsp3) is 0.286. The molecule has 0 saturated heterocycles. The number of benzene rings is 2. The van der Waals surface area contributed by atoms with Crippen LogP contribution in [0, 0.1) is 12.2 Å². The zero-order valence-corrected chi connectivity index (χ0v) is 22.3. The van der Waals surface area contributed by atoms with Gasteiger partial charge in [-0.3, -0.25) is 12.2 Å². The van der Waals surface area contributed by atoms with Crippen molar-refractivity contribution < 1.29 is 51.0 Å². The summed E-state index contributed by atoms with van der Waals surface area (Å²) in [5.41, 5.74) is 5.56. The molecule has 2 aliphatic carbocycles. The van der Waals surface area contributed by atoms with E-state index in [0.717, 1.165) is 25.7 Å². The quantitative estimate of drug-likeness (QED) is 0.502. The van der Waals surface area contributed by atoms with Crippen LogP contribution in [-0.2, 0) is 26.2 Å². The average molecular weight is 529 g/mol. The van der Waals surface area contributed by atoms with Gasteiger partial charge in [0.05, 0.1) is 0 Å². The molecule has 0 saturated carbocycles. The molecule has 160 valence electrons. The Morgan fingerprint density at radius 1 is 0.645 bits per heavy atom. The van der Waals surface area contributed by atoms with Crippen LogP contribution in [0.1, 0.15) is 62.5 Å². The third-order valence-electron chi connectivity index (χ3n) is 5.32. The van der Waals surface area contributed by atoms with Gasteiger partial charge in [0.2, 0.25) is 0 Å². The Balaban J connectivity index is 0.000000529. The van der Waals surface area contributed by atoms with Crippen molar-refractivity contribution in [1.29, 1.82) is 0 Å². The smallest absolute Gasteiger partial charge is 1.00 e. The molecule has 4 rings (SSSR count). The van der Waals surface area contributed by atoms with E-state index in [4.69, 9.17) is 0 Å². The largest absolute Gasteiger partial charge is 4.00 e. The van der Waals surface area contributed by atoms with Crippen LogP contribution in [-0.4, -0.2) is 0 Å². The van der Waals surface area contributed by atoms with Crippen molar-refractivity contribution >= 4 is 0 Å². The summed E-state index contributed by atoms with van der Waals surface area (Å²) in [5.74, 6) is 1.20. The molecule has 2 aromatic rings. The molecular weight excluding hydrogens is 498 g/mol. The van der Waals surface area contributed by atoms with Gasteiger partial charge < -0.3 is 24.8 Å². The first kappa shape index (κ1) is 29.9. The molecule has 0 nitrogen and oxygen atoms in total. The Bertz CT molecular complexity index is 778. The molecule has 2 unspecified atom stereocenters. The van der Waals surface area contributed by atoms with Crippen LogP contribution in [0.5, 0.6) is 0 Å². The molecule has 0 N–H and O–H groups in total. The summed E-state index contributed by atoms with van der Waals surface area (Å²) in [6, 6.07) is 21.3. The first-order valence-corrected chi connectivity index (χ1v) is 10.3. The Labute approximate surface area is 220 Å². The van der Waals surface area contributed by atoms with Crippen LogP contribution in [0.3, 0.4) is 0 Å². The number of allylic oxidation sites excluding steroid dienone is 8. The minimum Gasteiger partial charge on any atom is -1.00 e. The summed E-state index contributed by atoms with van der Waals surface area (Å²) < 4.78 is 0. The average Bonchev–Trinajstić information content (AvgIpc) is 3.44. The van der Waals surface area contributed by atoms with Crippen LogP contribution < -0.4 is 24.8 Å². The standard InChI is InChI=1S/2C14H15.2ClH.Zr/c2*1-12(11-13-7-5-6-8-13)14-9-3-2-4-10-14;;;/h2*2-5,7,9-10,12H,6,11H2,1H3;2*1H;/q2*-1;;;+4/p-2. The molecule has 0 aromatic heterocycles. The minimum atomic E-state index is 0. The van der Waals surface area contributed by atoms with E-state index >= 15 is 0 Å². The normalized spacial score (nSPS) is 15.2. The van der Waals surface area contributed by atoms with Crippen molar-refractivity contribution in [3.63, 3.8) is 0 Å². The summed E-state index contributed by atoms with van der Waals surface area (Å²) in [4.78, 5) is 0. The zero-order chi connectivity index (χ0) is 19.6. The molecule has 31 heavy (non-hydrogen) atoms. The second-order valence-corrected chi connectivity index (χ2v) is 7.65. The summed E-state index contributed by atoms with van der Waals surface area (Å²) in [7, 11) is 0. The molecule has 0 amide bonds. The summed E-state index contributed by atoms with van der Waals surface area (Å²) in [6.07, 6.45) is 19.7. The zero-order valence-electron chi connectivity index (χ0n) is 18.3. The van der Waals surface area contributed by atoms with E-state index in [1.54, 1.807) is 0 Å². The Hall–Kier alpha value is -1.14. The first-order valence-electron chi connectivity index (χ1n) is 10.3. The molecule has 2 aliphatic rings. The van der Waals surface area contributed by atoms with E-state index in [-0.39, 0.29) is 51.0 Å². The van der Waals surface area contributed by atoms with E-state index in [2.05, 4.69) is 111 Å². The van der Waals surface area contributed by atoms with Crippen molar-refractivity contribution in [2.24, 2.45) is 0 Å². The van der Waals surface area contributed by atoms with Crippen LogP contribution in [0.2, 0.25) is 0 Å². The van der Waals surface area contributed by atoms with Crippen molar-refractivity contribution in [3.8, 4) is 0 Å². The van der Waals surface area contributed by atoms with E-state index in [0.29, 0.717) is 11.8 Å². The van der Waals surface area contributed by atoms with Gasteiger partial charge in [-0.15, -0.1) is 12.8 Å². The summed E-state index contributed by atoms with van der Waals surface area (Å²) >= 11 is 0. The van der Waals surface area contributed by atoms with Crippen LogP contribution in [0.25, 0.3) is 0 Å². The molecule has 2 atom stereocenters. The van der Waals surface area contributed by atoms with Gasteiger partial charge in [0.25, 0.3) is 0 Å². The van der Waals surface area contributed by atoms with Crippen LogP contribution in [0.4, 0.5) is 0 Å². The third kappa shape index (κ3) is 10.3. The van der Waals surface area contributed by atoms with E-state index < -0.39 is 0 Å². The van der Waals surface area contributed by atoms with Gasteiger partial charge in [0.15, 0.2) is 0 Å². The molecule has 0 fully saturated rings. The third-order valence-corrected chi connectivity index (χ3v) is 5.32. The van der Waals surface area contributed by atoms with Crippen LogP contribution >= 0.6 is 0 Å². The SMILES string of the molecule is CC(CC1=[C-]CC=C1)c1ccccc1.CC(CC1=[C-]CC=C1)c1ccccc1.[Cl-].[Cl-].[Zr+4]. The van der Waals surface area contributed by atoms with Crippen molar-refractivity contribution in [2.45, 2.75) is 51.4 Å². The molecule has 0 aliphatic heterocycles. The number of hydrogen-bond donors (Lipinski definition) is 0. The number of hydrogen-bond acceptors (Lipinski definition) is 0. The van der Waals surface area contributed by atoms with Crippen molar-refractivity contribution in [1.82, 2.24) is 0 Å². The summed E-state index contributed by atoms with van der Waals surface area (Å²) in [5, 5.41) is 0. The minimum absolute atomic E-state index is 0. The first-order chi connectivity index (χ1) is 13.7. The summed E-state index contributed by atoms with van der Waals surface area (Å²) in [6.45, 7) is 4.55. The Kier molecular flexibility index (Phi) is 15.9. The molecule has 0 radical (unpaired) electrons. The number of halogens is 2. The van der Waals surface area contributed by atoms with Gasteiger partial charge in [-0.05, 0) is 23.0 Å². The second kappa shape index (κ2) is 16.5. The molecule has 0 spiro atoms. The van der Waals surface area contributed by atoms with Gasteiger partial charge in [0, 0.05) is 0 Å². The maximum absolute atomic E-state index is 3.36. The van der Waals surface area contributed by atoms with Crippen molar-refractivity contribution in [3.05, 3.63) is 119 Å². The molecular formula is C28H30Cl2Zr. The molecule has 2 aromatic carbocycles. The van der Waals surface area contributed by atoms with E-state index in [9.17, 15) is 0 Å². The van der Waals surface area contributed by atoms with Crippen LogP contribution in [0.15, 0.2) is 96.1 Å². The van der Waals surface area contributed by atoms with Gasteiger partial charge in [-0.25, -0.2) is 23.3 Å². The maximum Gasteiger partial charge on any atom is 4.00 e. The van der Waals surface area contributed by atoms with Crippen molar-refractivity contribution in [2.75, 3.05) is 0 Å². The fourth-order valence-electron chi connectivity index (χ4n) is 3.64. The number of rotatable bonds is 6. The molecule has 0 bridgehead atoms.